The first-order chi connectivity index (χ1) is 10.8. The van der Waals surface area contributed by atoms with Gasteiger partial charge < -0.3 is 10.1 Å². The summed E-state index contributed by atoms with van der Waals surface area (Å²) < 4.78 is 44.4. The van der Waals surface area contributed by atoms with Crippen molar-refractivity contribution in [3.05, 3.63) is 64.7 Å². The summed E-state index contributed by atoms with van der Waals surface area (Å²) in [5.41, 5.74) is 1.66. The van der Waals surface area contributed by atoms with Crippen molar-refractivity contribution in [3.63, 3.8) is 0 Å². The molecule has 0 aliphatic carbocycles. The second kappa shape index (κ2) is 7.04. The Balaban J connectivity index is 2.11. The van der Waals surface area contributed by atoms with Gasteiger partial charge in [0, 0.05) is 12.6 Å². The van der Waals surface area contributed by atoms with Crippen molar-refractivity contribution in [2.75, 3.05) is 7.11 Å². The van der Waals surface area contributed by atoms with E-state index in [0.29, 0.717) is 6.54 Å². The highest BCUT2D eigenvalue weighted by Crippen LogP contribution is 2.34. The third-order valence-corrected chi connectivity index (χ3v) is 3.80. The molecule has 1 N–H and O–H groups in total. The molecule has 2 aromatic rings. The Morgan fingerprint density at radius 3 is 2.43 bits per heavy atom. The number of aryl methyl sites for hydroxylation is 1. The van der Waals surface area contributed by atoms with E-state index in [1.165, 1.54) is 12.1 Å². The largest absolute Gasteiger partial charge is 0.496 e. The minimum atomic E-state index is -4.34. The summed E-state index contributed by atoms with van der Waals surface area (Å²) in [4.78, 5) is 0. The second-order valence-electron chi connectivity index (χ2n) is 5.49. The molecule has 0 aromatic heterocycles. The molecule has 0 amide bonds. The molecule has 124 valence electrons. The monoisotopic (exact) mass is 323 g/mol. The van der Waals surface area contributed by atoms with Crippen LogP contribution in [0, 0.1) is 6.92 Å². The summed E-state index contributed by atoms with van der Waals surface area (Å²) in [6, 6.07) is 11.0. The Bertz CT molecular complexity index is 668. The van der Waals surface area contributed by atoms with Crippen molar-refractivity contribution in [2.24, 2.45) is 0 Å². The van der Waals surface area contributed by atoms with Gasteiger partial charge in [-0.15, -0.1) is 0 Å². The maximum Gasteiger partial charge on any atom is 0.416 e. The van der Waals surface area contributed by atoms with Gasteiger partial charge in [-0.2, -0.15) is 13.2 Å². The molecule has 0 bridgehead atoms. The first kappa shape index (κ1) is 17.3. The fourth-order valence-electron chi connectivity index (χ4n) is 2.56. The van der Waals surface area contributed by atoms with Crippen molar-refractivity contribution in [2.45, 2.75) is 32.6 Å². The zero-order valence-electron chi connectivity index (χ0n) is 13.4. The smallest absolute Gasteiger partial charge is 0.416 e. The average molecular weight is 323 g/mol. The summed E-state index contributed by atoms with van der Waals surface area (Å²) in [6.45, 7) is 4.16. The van der Waals surface area contributed by atoms with Crippen molar-refractivity contribution in [1.29, 1.82) is 0 Å². The molecule has 23 heavy (non-hydrogen) atoms. The molecular weight excluding hydrogens is 303 g/mol. The van der Waals surface area contributed by atoms with Gasteiger partial charge in [-0.25, -0.2) is 0 Å². The third-order valence-electron chi connectivity index (χ3n) is 3.80. The number of nitrogens with one attached hydrogen (secondary N) is 1. The standard InChI is InChI=1S/C18H20F3NO/c1-12-10-14(8-9-17(12)23-3)11-22-13(2)15-6-4-5-7-16(15)18(19,20)21/h4-10,13,22H,11H2,1-3H3. The van der Waals surface area contributed by atoms with Crippen LogP contribution >= 0.6 is 0 Å². The van der Waals surface area contributed by atoms with Gasteiger partial charge >= 0.3 is 6.18 Å². The van der Waals surface area contributed by atoms with E-state index >= 15 is 0 Å². The SMILES string of the molecule is COc1ccc(CNC(C)c2ccccc2C(F)(F)F)cc1C. The Kier molecular flexibility index (Phi) is 5.31. The molecule has 5 heteroatoms. The lowest BCUT2D eigenvalue weighted by atomic mass is 10.0. The molecular formula is C18H20F3NO. The summed E-state index contributed by atoms with van der Waals surface area (Å²) in [6.07, 6.45) is -4.34. The lowest BCUT2D eigenvalue weighted by molar-refractivity contribution is -0.138. The van der Waals surface area contributed by atoms with Crippen molar-refractivity contribution in [3.8, 4) is 5.75 Å². The fourth-order valence-corrected chi connectivity index (χ4v) is 2.56. The molecule has 0 aliphatic heterocycles. The number of alkyl halides is 3. The van der Waals surface area contributed by atoms with Gasteiger partial charge in [0.15, 0.2) is 0 Å². The highest BCUT2D eigenvalue weighted by molar-refractivity contribution is 5.36. The minimum Gasteiger partial charge on any atom is -0.496 e. The number of methoxy groups -OCH3 is 1. The van der Waals surface area contributed by atoms with Crippen LogP contribution in [0.4, 0.5) is 13.2 Å². The highest BCUT2D eigenvalue weighted by atomic mass is 19.4. The third kappa shape index (κ3) is 4.26. The molecule has 0 fully saturated rings. The van der Waals surface area contributed by atoms with Crippen LogP contribution in [0.25, 0.3) is 0 Å². The quantitative estimate of drug-likeness (QED) is 0.847. The number of halogens is 3. The Morgan fingerprint density at radius 1 is 1.13 bits per heavy atom. The number of rotatable bonds is 5. The molecule has 2 rings (SSSR count). The van der Waals surface area contributed by atoms with E-state index in [1.807, 2.05) is 25.1 Å². The van der Waals surface area contributed by atoms with Crippen molar-refractivity contribution in [1.82, 2.24) is 5.32 Å². The lowest BCUT2D eigenvalue weighted by Crippen LogP contribution is -2.21. The predicted octanol–water partition coefficient (Wildman–Crippen LogP) is 4.87. The van der Waals surface area contributed by atoms with E-state index in [4.69, 9.17) is 4.74 Å². The fraction of sp³-hybridized carbons (Fsp3) is 0.333. The molecule has 0 radical (unpaired) electrons. The first-order valence-electron chi connectivity index (χ1n) is 7.36. The van der Waals surface area contributed by atoms with Crippen LogP contribution in [0.3, 0.4) is 0 Å². The molecule has 0 spiro atoms. The van der Waals surface area contributed by atoms with E-state index in [1.54, 1.807) is 20.1 Å². The summed E-state index contributed by atoms with van der Waals surface area (Å²) >= 11 is 0. The number of ether oxygens (including phenoxy) is 1. The molecule has 1 unspecified atom stereocenters. The van der Waals surface area contributed by atoms with E-state index in [-0.39, 0.29) is 5.56 Å². The summed E-state index contributed by atoms with van der Waals surface area (Å²) in [7, 11) is 1.61. The average Bonchev–Trinajstić information content (AvgIpc) is 2.52. The van der Waals surface area contributed by atoms with Gasteiger partial charge in [0.1, 0.15) is 5.75 Å². The Labute approximate surface area is 134 Å². The van der Waals surface area contributed by atoms with Crippen LogP contribution in [0.15, 0.2) is 42.5 Å². The van der Waals surface area contributed by atoms with Gasteiger partial charge in [0.2, 0.25) is 0 Å². The normalized spacial score (nSPS) is 13.0. The Morgan fingerprint density at radius 2 is 1.83 bits per heavy atom. The highest BCUT2D eigenvalue weighted by Gasteiger charge is 2.33. The van der Waals surface area contributed by atoms with Gasteiger partial charge in [0.25, 0.3) is 0 Å². The summed E-state index contributed by atoms with van der Waals surface area (Å²) in [5.74, 6) is 0.796. The van der Waals surface area contributed by atoms with E-state index in [0.717, 1.165) is 22.9 Å². The molecule has 2 nitrogen and oxygen atoms in total. The molecule has 0 saturated heterocycles. The van der Waals surface area contributed by atoms with E-state index in [9.17, 15) is 13.2 Å². The van der Waals surface area contributed by atoms with Crippen LogP contribution in [0.1, 0.15) is 35.2 Å². The topological polar surface area (TPSA) is 21.3 Å². The van der Waals surface area contributed by atoms with Crippen LogP contribution < -0.4 is 10.1 Å². The number of hydrogen-bond donors (Lipinski definition) is 1. The zero-order valence-corrected chi connectivity index (χ0v) is 13.4. The minimum absolute atomic E-state index is 0.255. The molecule has 1 atom stereocenters. The maximum absolute atomic E-state index is 13.1. The van der Waals surface area contributed by atoms with E-state index < -0.39 is 17.8 Å². The number of benzene rings is 2. The van der Waals surface area contributed by atoms with Crippen LogP contribution in [0.5, 0.6) is 5.75 Å². The van der Waals surface area contributed by atoms with Crippen molar-refractivity contribution < 1.29 is 17.9 Å². The Hall–Kier alpha value is -2.01. The van der Waals surface area contributed by atoms with Crippen LogP contribution in [-0.4, -0.2) is 7.11 Å². The van der Waals surface area contributed by atoms with Gasteiger partial charge in [0.05, 0.1) is 12.7 Å². The van der Waals surface area contributed by atoms with Gasteiger partial charge in [-0.1, -0.05) is 30.3 Å². The second-order valence-corrected chi connectivity index (χ2v) is 5.49. The van der Waals surface area contributed by atoms with E-state index in [2.05, 4.69) is 5.32 Å². The molecule has 0 saturated carbocycles. The van der Waals surface area contributed by atoms with Crippen LogP contribution in [0.2, 0.25) is 0 Å². The lowest BCUT2D eigenvalue weighted by Gasteiger charge is -2.20. The summed E-state index contributed by atoms with van der Waals surface area (Å²) in [5, 5.41) is 3.15. The maximum atomic E-state index is 13.1. The van der Waals surface area contributed by atoms with Gasteiger partial charge in [-0.3, -0.25) is 0 Å². The van der Waals surface area contributed by atoms with Crippen LogP contribution in [-0.2, 0) is 12.7 Å². The molecule has 0 heterocycles. The number of hydrogen-bond acceptors (Lipinski definition) is 2. The molecule has 0 aliphatic rings. The predicted molar refractivity (Wildman–Crippen MR) is 84.4 cm³/mol. The zero-order chi connectivity index (χ0) is 17.0. The van der Waals surface area contributed by atoms with Crippen molar-refractivity contribution >= 4 is 0 Å². The van der Waals surface area contributed by atoms with Gasteiger partial charge in [-0.05, 0) is 42.7 Å². The first-order valence-corrected chi connectivity index (χ1v) is 7.36. The molecule has 2 aromatic carbocycles.